The van der Waals surface area contributed by atoms with Crippen LogP contribution in [0.1, 0.15) is 50.2 Å². The molecule has 0 aliphatic rings. The number of fused-ring (bicyclic) bond motifs is 1. The molecule has 0 aromatic heterocycles. The number of halogens is 1. The van der Waals surface area contributed by atoms with Crippen LogP contribution >= 0.6 is 22.6 Å². The van der Waals surface area contributed by atoms with Crippen molar-refractivity contribution >= 4 is 68.9 Å². The van der Waals surface area contributed by atoms with Gasteiger partial charge in [0.15, 0.2) is 5.96 Å². The summed E-state index contributed by atoms with van der Waals surface area (Å²) in [5.41, 5.74) is 23.7. The number of benzene rings is 3. The van der Waals surface area contributed by atoms with E-state index in [1.54, 1.807) is 0 Å². The Labute approximate surface area is 311 Å². The van der Waals surface area contributed by atoms with E-state index in [2.05, 4.69) is 48.9 Å². The quantitative estimate of drug-likeness (QED) is 0.0351. The van der Waals surface area contributed by atoms with Gasteiger partial charge >= 0.3 is 0 Å². The van der Waals surface area contributed by atoms with E-state index in [0.29, 0.717) is 25.8 Å². The SMILES string of the molecule is CC(=O)N[C@H](Cc1ccc(I)cc1)C(=O)N[C@H](CCCCN)C(=O)N[C@@H](Cc1ccc2ccccc2c1)C(=O)N[C@@H](CCCN=C(N)N)C(N)=O. The highest BCUT2D eigenvalue weighted by Gasteiger charge is 2.31. The normalized spacial score (nSPS) is 13.2. The lowest BCUT2D eigenvalue weighted by atomic mass is 9.99. The highest BCUT2D eigenvalue weighted by molar-refractivity contribution is 14.1. The van der Waals surface area contributed by atoms with Crippen molar-refractivity contribution in [2.45, 2.75) is 76.0 Å². The molecule has 3 aromatic carbocycles. The first-order valence-electron chi connectivity index (χ1n) is 16.8. The Morgan fingerprint density at radius 3 is 1.84 bits per heavy atom. The third kappa shape index (κ3) is 14.2. The zero-order chi connectivity index (χ0) is 37.3. The molecular weight excluding hydrogens is 765 g/mol. The maximum atomic E-state index is 14.0. The first-order chi connectivity index (χ1) is 24.4. The molecule has 3 aromatic rings. The Balaban J connectivity index is 1.87. The minimum absolute atomic E-state index is 0.0761. The number of primary amides is 1. The highest BCUT2D eigenvalue weighted by Crippen LogP contribution is 2.17. The van der Waals surface area contributed by atoms with Crippen LogP contribution in [0.4, 0.5) is 0 Å². The smallest absolute Gasteiger partial charge is 0.243 e. The average molecular weight is 814 g/mol. The number of unbranched alkanes of at least 4 members (excludes halogenated alkanes) is 1. The van der Waals surface area contributed by atoms with Gasteiger partial charge in [-0.25, -0.2) is 0 Å². The zero-order valence-corrected chi connectivity index (χ0v) is 30.9. The molecule has 14 nitrogen and oxygen atoms in total. The molecule has 0 fully saturated rings. The van der Waals surface area contributed by atoms with Crippen molar-refractivity contribution in [3.8, 4) is 0 Å². The topological polar surface area (TPSA) is 250 Å². The summed E-state index contributed by atoms with van der Waals surface area (Å²) in [4.78, 5) is 69.7. The van der Waals surface area contributed by atoms with Crippen molar-refractivity contribution in [3.05, 3.63) is 81.4 Å². The molecule has 0 aliphatic heterocycles. The van der Waals surface area contributed by atoms with Gasteiger partial charge in [0.1, 0.15) is 24.2 Å². The number of carbonyl (C=O) groups is 5. The summed E-state index contributed by atoms with van der Waals surface area (Å²) in [6.07, 6.45) is 2.13. The Morgan fingerprint density at radius 1 is 0.667 bits per heavy atom. The van der Waals surface area contributed by atoms with E-state index in [0.717, 1.165) is 25.5 Å². The molecular formula is C36H48IN9O5. The van der Waals surface area contributed by atoms with Crippen LogP contribution < -0.4 is 44.2 Å². The largest absolute Gasteiger partial charge is 0.370 e. The molecule has 15 heteroatoms. The second kappa shape index (κ2) is 20.8. The van der Waals surface area contributed by atoms with Gasteiger partial charge in [-0.2, -0.15) is 0 Å². The zero-order valence-electron chi connectivity index (χ0n) is 28.7. The summed E-state index contributed by atoms with van der Waals surface area (Å²) >= 11 is 2.18. The molecule has 51 heavy (non-hydrogen) atoms. The maximum Gasteiger partial charge on any atom is 0.243 e. The maximum absolute atomic E-state index is 14.0. The summed E-state index contributed by atoms with van der Waals surface area (Å²) in [5.74, 6) is -3.06. The van der Waals surface area contributed by atoms with Crippen LogP contribution in [0, 0.1) is 3.57 Å². The second-order valence-corrected chi connectivity index (χ2v) is 13.5. The molecule has 0 heterocycles. The van der Waals surface area contributed by atoms with E-state index < -0.39 is 53.7 Å². The van der Waals surface area contributed by atoms with E-state index >= 15 is 0 Å². The summed E-state index contributed by atoms with van der Waals surface area (Å²) < 4.78 is 1.02. The number of hydrogen-bond donors (Lipinski definition) is 8. The van der Waals surface area contributed by atoms with Crippen LogP contribution in [0.3, 0.4) is 0 Å². The molecule has 0 spiro atoms. The summed E-state index contributed by atoms with van der Waals surface area (Å²) in [6.45, 7) is 1.93. The van der Waals surface area contributed by atoms with Crippen LogP contribution in [0.15, 0.2) is 71.7 Å². The first-order valence-corrected chi connectivity index (χ1v) is 17.9. The number of amides is 5. The fraction of sp³-hybridized carbons (Fsp3) is 0.389. The summed E-state index contributed by atoms with van der Waals surface area (Å²) in [7, 11) is 0. The minimum Gasteiger partial charge on any atom is -0.370 e. The Kier molecular flexibility index (Phi) is 16.6. The van der Waals surface area contributed by atoms with Gasteiger partial charge < -0.3 is 44.2 Å². The number of nitrogens with zero attached hydrogens (tertiary/aromatic N) is 1. The van der Waals surface area contributed by atoms with Crippen LogP contribution in [0.2, 0.25) is 0 Å². The molecule has 0 radical (unpaired) electrons. The molecule has 0 unspecified atom stereocenters. The van der Waals surface area contributed by atoms with Crippen LogP contribution in [-0.2, 0) is 36.8 Å². The summed E-state index contributed by atoms with van der Waals surface area (Å²) in [6, 6.07) is 16.7. The number of nitrogens with one attached hydrogen (secondary N) is 4. The van der Waals surface area contributed by atoms with Crippen LogP contribution in [0.25, 0.3) is 10.8 Å². The Hall–Kier alpha value is -4.77. The van der Waals surface area contributed by atoms with E-state index in [1.165, 1.54) is 6.92 Å². The number of nitrogens with two attached hydrogens (primary N) is 4. The van der Waals surface area contributed by atoms with Gasteiger partial charge in [0.25, 0.3) is 0 Å². The van der Waals surface area contributed by atoms with Gasteiger partial charge in [-0.05, 0) is 95.3 Å². The molecule has 0 saturated heterocycles. The van der Waals surface area contributed by atoms with E-state index in [4.69, 9.17) is 22.9 Å². The van der Waals surface area contributed by atoms with Gasteiger partial charge in [0.2, 0.25) is 29.5 Å². The predicted molar refractivity (Wildman–Crippen MR) is 206 cm³/mol. The first kappa shape index (κ1) is 40.7. The van der Waals surface area contributed by atoms with Crippen molar-refractivity contribution in [3.63, 3.8) is 0 Å². The van der Waals surface area contributed by atoms with Crippen LogP contribution in [-0.4, -0.2) is 72.8 Å². The van der Waals surface area contributed by atoms with Crippen molar-refractivity contribution < 1.29 is 24.0 Å². The lowest BCUT2D eigenvalue weighted by Crippen LogP contribution is -2.58. The van der Waals surface area contributed by atoms with E-state index in [-0.39, 0.29) is 38.2 Å². The Morgan fingerprint density at radius 2 is 1.22 bits per heavy atom. The third-order valence-electron chi connectivity index (χ3n) is 8.12. The van der Waals surface area contributed by atoms with Gasteiger partial charge in [-0.3, -0.25) is 29.0 Å². The molecule has 274 valence electrons. The molecule has 3 rings (SSSR count). The number of guanidine groups is 1. The Bertz CT molecular complexity index is 1680. The minimum atomic E-state index is -1.15. The fourth-order valence-corrected chi connectivity index (χ4v) is 5.85. The molecule has 12 N–H and O–H groups in total. The molecule has 0 aliphatic carbocycles. The molecule has 4 atom stereocenters. The number of hydrogen-bond acceptors (Lipinski definition) is 7. The van der Waals surface area contributed by atoms with E-state index in [9.17, 15) is 24.0 Å². The van der Waals surface area contributed by atoms with Gasteiger partial charge in [0.05, 0.1) is 0 Å². The van der Waals surface area contributed by atoms with Crippen molar-refractivity contribution in [2.75, 3.05) is 13.1 Å². The van der Waals surface area contributed by atoms with Crippen LogP contribution in [0.5, 0.6) is 0 Å². The monoisotopic (exact) mass is 813 g/mol. The van der Waals surface area contributed by atoms with Crippen molar-refractivity contribution in [1.82, 2.24) is 21.3 Å². The summed E-state index contributed by atoms with van der Waals surface area (Å²) in [5, 5.41) is 12.9. The van der Waals surface area contributed by atoms with Gasteiger partial charge in [0, 0.05) is 29.9 Å². The molecule has 0 bridgehead atoms. The standard InChI is InChI=1S/C36H48IN9O5/c1-22(47)43-30(20-23-12-15-27(37)16-13-23)34(50)45-29(9-4-5-17-38)33(49)46-31(21-24-11-14-25-7-2-3-8-26(25)19-24)35(51)44-28(32(39)48)10-6-18-42-36(40)41/h2-3,7-8,11-16,19,28-31H,4-6,9-10,17-18,20-21,38H2,1H3,(H2,39,48)(H,43,47)(H,44,51)(H,45,50)(H,46,49)(H4,40,41,42)/t28-,29+,30+,31-/m0/s1. The van der Waals surface area contributed by atoms with Gasteiger partial charge in [-0.1, -0.05) is 54.6 Å². The van der Waals surface area contributed by atoms with Gasteiger partial charge in [-0.15, -0.1) is 0 Å². The second-order valence-electron chi connectivity index (χ2n) is 12.3. The lowest BCUT2D eigenvalue weighted by molar-refractivity contribution is -0.134. The third-order valence-corrected chi connectivity index (χ3v) is 8.84. The molecule has 0 saturated carbocycles. The van der Waals surface area contributed by atoms with E-state index in [1.807, 2.05) is 66.7 Å². The number of carbonyl (C=O) groups excluding carboxylic acids is 5. The van der Waals surface area contributed by atoms with Crippen molar-refractivity contribution in [2.24, 2.45) is 27.9 Å². The fourth-order valence-electron chi connectivity index (χ4n) is 5.49. The molecule has 5 amide bonds. The number of rotatable bonds is 20. The average Bonchev–Trinajstić information content (AvgIpc) is 3.08. The highest BCUT2D eigenvalue weighted by atomic mass is 127. The lowest BCUT2D eigenvalue weighted by Gasteiger charge is -2.26. The van der Waals surface area contributed by atoms with Crippen molar-refractivity contribution in [1.29, 1.82) is 0 Å². The predicted octanol–water partition coefficient (Wildman–Crippen LogP) is 0.857. The number of aliphatic imine (C=N–C) groups is 1.